The molecule has 1 aromatic carbocycles. The highest BCUT2D eigenvalue weighted by Gasteiger charge is 2.10. The van der Waals surface area contributed by atoms with Crippen LogP contribution in [0.25, 0.3) is 0 Å². The molecule has 0 saturated heterocycles. The first-order chi connectivity index (χ1) is 11.2. The summed E-state index contributed by atoms with van der Waals surface area (Å²) in [7, 11) is -3.34. The van der Waals surface area contributed by atoms with Gasteiger partial charge in [0.1, 0.15) is 0 Å². The number of sulfonamides is 1. The van der Waals surface area contributed by atoms with Gasteiger partial charge in [-0.15, -0.1) is 11.3 Å². The number of hydrogen-bond donors (Lipinski definition) is 3. The van der Waals surface area contributed by atoms with Crippen LogP contribution < -0.4 is 15.4 Å². The van der Waals surface area contributed by atoms with Crippen LogP contribution in [0.15, 0.2) is 36.4 Å². The maximum Gasteiger partial charge on any atom is 0.261 e. The van der Waals surface area contributed by atoms with Crippen molar-refractivity contribution in [3.63, 3.8) is 0 Å². The summed E-state index contributed by atoms with van der Waals surface area (Å²) in [5.74, 6) is -0.670. The molecule has 0 atom stereocenters. The lowest BCUT2D eigenvalue weighted by molar-refractivity contribution is -0.115. The van der Waals surface area contributed by atoms with E-state index >= 15 is 0 Å². The van der Waals surface area contributed by atoms with Crippen LogP contribution in [0.5, 0.6) is 0 Å². The van der Waals surface area contributed by atoms with Crippen molar-refractivity contribution in [2.24, 2.45) is 0 Å². The van der Waals surface area contributed by atoms with E-state index in [0.717, 1.165) is 11.1 Å². The molecule has 0 fully saturated rings. The van der Waals surface area contributed by atoms with Crippen LogP contribution in [0, 0.1) is 6.92 Å². The second kappa shape index (κ2) is 7.45. The quantitative estimate of drug-likeness (QED) is 0.724. The van der Waals surface area contributed by atoms with E-state index in [1.807, 2.05) is 13.0 Å². The highest BCUT2D eigenvalue weighted by Crippen LogP contribution is 2.15. The molecular formula is C15H17N3O4S2. The molecule has 0 aliphatic carbocycles. The fourth-order valence-electron chi connectivity index (χ4n) is 1.85. The van der Waals surface area contributed by atoms with Gasteiger partial charge in [0.05, 0.1) is 17.7 Å². The molecular weight excluding hydrogens is 350 g/mol. The first-order valence-corrected chi connectivity index (χ1v) is 9.66. The molecule has 9 heteroatoms. The Labute approximate surface area is 144 Å². The van der Waals surface area contributed by atoms with Gasteiger partial charge < -0.3 is 10.6 Å². The minimum Gasteiger partial charge on any atom is -0.342 e. The number of aryl methyl sites for hydroxylation is 1. The Balaban J connectivity index is 1.85. The fourth-order valence-corrected chi connectivity index (χ4v) is 3.19. The van der Waals surface area contributed by atoms with Crippen LogP contribution in [0.4, 0.5) is 11.4 Å². The standard InChI is InChI=1S/C15H17N3O4S2/c1-10-3-8-13(23-10)15(20)16-9-14(19)17-11-4-6-12(7-5-11)18-24(2,21)22/h3-8,18H,9H2,1-2H3,(H,16,20)(H,17,19). The number of anilines is 2. The summed E-state index contributed by atoms with van der Waals surface area (Å²) in [4.78, 5) is 25.3. The molecule has 0 spiro atoms. The number of hydrogen-bond acceptors (Lipinski definition) is 5. The lowest BCUT2D eigenvalue weighted by Gasteiger charge is -2.08. The normalized spacial score (nSPS) is 10.9. The molecule has 2 rings (SSSR count). The number of carbonyl (C=O) groups is 2. The van der Waals surface area contributed by atoms with Gasteiger partial charge in [0.2, 0.25) is 15.9 Å². The lowest BCUT2D eigenvalue weighted by atomic mass is 10.3. The second-order valence-corrected chi connectivity index (χ2v) is 8.13. The van der Waals surface area contributed by atoms with Crippen molar-refractivity contribution in [1.29, 1.82) is 0 Å². The van der Waals surface area contributed by atoms with Gasteiger partial charge in [-0.1, -0.05) is 0 Å². The summed E-state index contributed by atoms with van der Waals surface area (Å²) in [5.41, 5.74) is 0.900. The van der Waals surface area contributed by atoms with Gasteiger partial charge in [-0.25, -0.2) is 8.42 Å². The summed E-state index contributed by atoms with van der Waals surface area (Å²) in [6.07, 6.45) is 1.06. The predicted molar refractivity (Wildman–Crippen MR) is 94.9 cm³/mol. The van der Waals surface area contributed by atoms with Crippen molar-refractivity contribution in [1.82, 2.24) is 5.32 Å². The van der Waals surface area contributed by atoms with E-state index in [1.54, 1.807) is 18.2 Å². The monoisotopic (exact) mass is 367 g/mol. The topological polar surface area (TPSA) is 104 Å². The Bertz CT molecular complexity index is 842. The van der Waals surface area contributed by atoms with Crippen molar-refractivity contribution >= 4 is 44.5 Å². The molecule has 0 radical (unpaired) electrons. The summed E-state index contributed by atoms with van der Waals surface area (Å²) in [6.45, 7) is 1.75. The minimum absolute atomic E-state index is 0.154. The molecule has 2 aromatic rings. The summed E-state index contributed by atoms with van der Waals surface area (Å²) in [6, 6.07) is 9.74. The van der Waals surface area contributed by atoms with Crippen LogP contribution in [0.2, 0.25) is 0 Å². The predicted octanol–water partition coefficient (Wildman–Crippen LogP) is 1.80. The maximum atomic E-state index is 11.8. The van der Waals surface area contributed by atoms with Gasteiger partial charge in [0.25, 0.3) is 5.91 Å². The Hall–Kier alpha value is -2.39. The lowest BCUT2D eigenvalue weighted by Crippen LogP contribution is -2.32. The molecule has 7 nitrogen and oxygen atoms in total. The van der Waals surface area contributed by atoms with E-state index in [2.05, 4.69) is 15.4 Å². The average molecular weight is 367 g/mol. The second-order valence-electron chi connectivity index (χ2n) is 5.09. The third-order valence-corrected chi connectivity index (χ3v) is 4.45. The number of nitrogens with one attached hydrogen (secondary N) is 3. The molecule has 3 N–H and O–H groups in total. The Morgan fingerprint density at radius 2 is 1.67 bits per heavy atom. The van der Waals surface area contributed by atoms with Gasteiger partial charge in [-0.3, -0.25) is 14.3 Å². The highest BCUT2D eigenvalue weighted by molar-refractivity contribution is 7.92. The van der Waals surface area contributed by atoms with E-state index in [1.165, 1.54) is 23.5 Å². The SMILES string of the molecule is Cc1ccc(C(=O)NCC(=O)Nc2ccc(NS(C)(=O)=O)cc2)s1. The number of amides is 2. The van der Waals surface area contributed by atoms with Crippen molar-refractivity contribution in [2.45, 2.75) is 6.92 Å². The Morgan fingerprint density at radius 3 is 2.21 bits per heavy atom. The molecule has 128 valence electrons. The van der Waals surface area contributed by atoms with Crippen LogP contribution in [-0.4, -0.2) is 33.0 Å². The van der Waals surface area contributed by atoms with Gasteiger partial charge >= 0.3 is 0 Å². The van der Waals surface area contributed by atoms with Crippen LogP contribution in [-0.2, 0) is 14.8 Å². The molecule has 0 bridgehead atoms. The first kappa shape index (κ1) is 18.0. The van der Waals surface area contributed by atoms with Gasteiger partial charge in [-0.2, -0.15) is 0 Å². The van der Waals surface area contributed by atoms with E-state index in [0.29, 0.717) is 16.3 Å². The number of thiophene rings is 1. The van der Waals surface area contributed by atoms with Crippen molar-refractivity contribution in [2.75, 3.05) is 22.8 Å². The van der Waals surface area contributed by atoms with Crippen molar-refractivity contribution in [3.05, 3.63) is 46.2 Å². The van der Waals surface area contributed by atoms with E-state index in [-0.39, 0.29) is 18.4 Å². The third kappa shape index (κ3) is 5.67. The molecule has 0 aliphatic heterocycles. The first-order valence-electron chi connectivity index (χ1n) is 6.95. The zero-order chi connectivity index (χ0) is 17.7. The van der Waals surface area contributed by atoms with E-state index in [9.17, 15) is 18.0 Å². The minimum atomic E-state index is -3.34. The van der Waals surface area contributed by atoms with Crippen molar-refractivity contribution < 1.29 is 18.0 Å². The zero-order valence-corrected chi connectivity index (χ0v) is 14.8. The van der Waals surface area contributed by atoms with E-state index in [4.69, 9.17) is 0 Å². The molecule has 0 unspecified atom stereocenters. The van der Waals surface area contributed by atoms with Crippen LogP contribution >= 0.6 is 11.3 Å². The molecule has 1 aromatic heterocycles. The summed E-state index contributed by atoms with van der Waals surface area (Å²) >= 11 is 1.36. The van der Waals surface area contributed by atoms with Crippen molar-refractivity contribution in [3.8, 4) is 0 Å². The van der Waals surface area contributed by atoms with Gasteiger partial charge in [0, 0.05) is 16.3 Å². The fraction of sp³-hybridized carbons (Fsp3) is 0.200. The van der Waals surface area contributed by atoms with E-state index < -0.39 is 10.0 Å². The largest absolute Gasteiger partial charge is 0.342 e. The number of rotatable bonds is 6. The molecule has 2 amide bonds. The Kier molecular flexibility index (Phi) is 5.58. The average Bonchev–Trinajstić information content (AvgIpc) is 2.92. The van der Waals surface area contributed by atoms with Gasteiger partial charge in [-0.05, 0) is 43.3 Å². The Morgan fingerprint density at radius 1 is 1.04 bits per heavy atom. The highest BCUT2D eigenvalue weighted by atomic mass is 32.2. The van der Waals surface area contributed by atoms with Gasteiger partial charge in [0.15, 0.2) is 0 Å². The third-order valence-electron chi connectivity index (χ3n) is 2.85. The summed E-state index contributed by atoms with van der Waals surface area (Å²) in [5, 5.41) is 5.16. The maximum absolute atomic E-state index is 11.8. The smallest absolute Gasteiger partial charge is 0.261 e. The number of benzene rings is 1. The zero-order valence-electron chi connectivity index (χ0n) is 13.1. The molecule has 0 saturated carbocycles. The van der Waals surface area contributed by atoms with Crippen LogP contribution in [0.1, 0.15) is 14.5 Å². The van der Waals surface area contributed by atoms with Crippen LogP contribution in [0.3, 0.4) is 0 Å². The number of carbonyl (C=O) groups excluding carboxylic acids is 2. The summed E-state index contributed by atoms with van der Waals surface area (Å²) < 4.78 is 24.5. The molecule has 1 heterocycles. The molecule has 24 heavy (non-hydrogen) atoms. The molecule has 0 aliphatic rings.